The molecular weight excluding hydrogens is 496 g/mol. The van der Waals surface area contributed by atoms with E-state index in [1.165, 1.54) is 25.7 Å². The van der Waals surface area contributed by atoms with Gasteiger partial charge in [0, 0.05) is 29.3 Å². The summed E-state index contributed by atoms with van der Waals surface area (Å²) in [6, 6.07) is 11.6. The summed E-state index contributed by atoms with van der Waals surface area (Å²) in [7, 11) is -2.35. The first-order valence-corrected chi connectivity index (χ1v) is 14.4. The van der Waals surface area contributed by atoms with E-state index in [1.54, 1.807) is 30.3 Å². The maximum absolute atomic E-state index is 13.0. The fourth-order valence-electron chi connectivity index (χ4n) is 5.68. The molecule has 9 nitrogen and oxygen atoms in total. The molecule has 2 aromatic rings. The zero-order chi connectivity index (χ0) is 26.0. The van der Waals surface area contributed by atoms with Crippen molar-refractivity contribution in [1.29, 1.82) is 0 Å². The zero-order valence-corrected chi connectivity index (χ0v) is 21.7. The van der Waals surface area contributed by atoms with Gasteiger partial charge in [-0.2, -0.15) is 0 Å². The molecule has 2 fully saturated rings. The molecule has 4 atom stereocenters. The van der Waals surface area contributed by atoms with Crippen LogP contribution in [0.3, 0.4) is 0 Å². The number of hydrogen-bond acceptors (Lipinski definition) is 7. The molecule has 0 bridgehead atoms. The number of benzene rings is 2. The molecule has 0 aromatic heterocycles. The predicted molar refractivity (Wildman–Crippen MR) is 137 cm³/mol. The van der Waals surface area contributed by atoms with E-state index in [1.807, 2.05) is 0 Å². The molecule has 1 saturated carbocycles. The van der Waals surface area contributed by atoms with Crippen LogP contribution in [0.4, 0.5) is 5.69 Å². The summed E-state index contributed by atoms with van der Waals surface area (Å²) in [5.41, 5.74) is 1.25. The van der Waals surface area contributed by atoms with Gasteiger partial charge in [0.05, 0.1) is 31.1 Å². The largest absolute Gasteiger partial charge is 0.497 e. The summed E-state index contributed by atoms with van der Waals surface area (Å²) in [6.07, 6.45) is 4.93. The first kappa shape index (κ1) is 25.8. The lowest BCUT2D eigenvalue weighted by molar-refractivity contribution is -0.142. The Kier molecular flexibility index (Phi) is 7.60. The molecule has 0 spiro atoms. The average Bonchev–Trinajstić information content (AvgIpc) is 3.26. The number of fused-ring (bicyclic) bond motifs is 3. The Bertz CT molecular complexity index is 1230. The van der Waals surface area contributed by atoms with Crippen LogP contribution in [0.2, 0.25) is 0 Å². The van der Waals surface area contributed by atoms with Gasteiger partial charge in [0.25, 0.3) is 10.0 Å². The number of sulfonamides is 1. The van der Waals surface area contributed by atoms with Gasteiger partial charge in [-0.1, -0.05) is 25.3 Å². The maximum Gasteiger partial charge on any atom is 0.262 e. The molecule has 3 aliphatic rings. The number of hydrogen-bond donors (Lipinski definition) is 3. The third-order valence-corrected chi connectivity index (χ3v) is 8.87. The van der Waals surface area contributed by atoms with Gasteiger partial charge in [-0.05, 0) is 49.6 Å². The van der Waals surface area contributed by atoms with Crippen molar-refractivity contribution in [2.24, 2.45) is 0 Å². The number of carbonyl (C=O) groups excluding carboxylic acids is 1. The van der Waals surface area contributed by atoms with Crippen LogP contribution in [0.25, 0.3) is 0 Å². The van der Waals surface area contributed by atoms with Gasteiger partial charge < -0.3 is 24.6 Å². The molecule has 2 aliphatic heterocycles. The van der Waals surface area contributed by atoms with Gasteiger partial charge in [-0.3, -0.25) is 9.52 Å². The van der Waals surface area contributed by atoms with Gasteiger partial charge in [0.15, 0.2) is 0 Å². The minimum Gasteiger partial charge on any atom is -0.497 e. The van der Waals surface area contributed by atoms with Crippen molar-refractivity contribution in [3.05, 3.63) is 48.0 Å². The Balaban J connectivity index is 1.31. The molecule has 0 radical (unpaired) electrons. The Labute approximate surface area is 217 Å². The quantitative estimate of drug-likeness (QED) is 0.478. The number of carbonyl (C=O) groups is 1. The third kappa shape index (κ3) is 5.71. The summed E-state index contributed by atoms with van der Waals surface area (Å²) < 4.78 is 46.0. The van der Waals surface area contributed by atoms with Gasteiger partial charge in [0.1, 0.15) is 23.7 Å². The number of amides is 1. The van der Waals surface area contributed by atoms with Gasteiger partial charge in [0.2, 0.25) is 5.91 Å². The molecule has 10 heteroatoms. The Morgan fingerprint density at radius 2 is 1.95 bits per heavy atom. The van der Waals surface area contributed by atoms with Crippen molar-refractivity contribution < 1.29 is 32.5 Å². The number of ether oxygens (including phenoxy) is 3. The zero-order valence-electron chi connectivity index (χ0n) is 20.9. The van der Waals surface area contributed by atoms with E-state index in [0.29, 0.717) is 23.6 Å². The molecule has 5 rings (SSSR count). The van der Waals surface area contributed by atoms with Crippen molar-refractivity contribution in [1.82, 2.24) is 5.32 Å². The second-order valence-corrected chi connectivity index (χ2v) is 11.7. The fourth-order valence-corrected chi connectivity index (χ4v) is 6.76. The number of anilines is 1. The molecule has 1 saturated heterocycles. The van der Waals surface area contributed by atoms with E-state index < -0.39 is 22.2 Å². The number of aliphatic hydroxyl groups is 1. The first-order valence-electron chi connectivity index (χ1n) is 12.9. The van der Waals surface area contributed by atoms with E-state index >= 15 is 0 Å². The lowest BCUT2D eigenvalue weighted by atomic mass is 9.84. The Morgan fingerprint density at radius 3 is 2.70 bits per heavy atom. The van der Waals surface area contributed by atoms with Crippen molar-refractivity contribution in [2.45, 2.75) is 80.1 Å². The number of nitrogens with one attached hydrogen (secondary N) is 2. The fraction of sp³-hybridized carbons (Fsp3) is 0.519. The normalized spacial score (nSPS) is 25.5. The summed E-state index contributed by atoms with van der Waals surface area (Å²) >= 11 is 0. The van der Waals surface area contributed by atoms with E-state index in [-0.39, 0.29) is 41.9 Å². The minimum absolute atomic E-state index is 0.0361. The van der Waals surface area contributed by atoms with Crippen LogP contribution in [-0.2, 0) is 19.6 Å². The highest BCUT2D eigenvalue weighted by molar-refractivity contribution is 7.92. The summed E-state index contributed by atoms with van der Waals surface area (Å²) in [6.45, 7) is -0.231. The molecule has 0 unspecified atom stereocenters. The van der Waals surface area contributed by atoms with E-state index in [2.05, 4.69) is 10.0 Å². The number of methoxy groups -OCH3 is 1. The molecule has 3 N–H and O–H groups in total. The second kappa shape index (κ2) is 10.9. The SMILES string of the molecule is COc1cccc(S(=O)(=O)Nc2ccc3c(c2)[C@H]2C[C@@H](CC(=O)NC4CCCCC4)O[C@@H](CO)[C@H]2O3)c1. The standard InChI is InChI=1S/C27H34N2O7S/c1-34-19-8-5-9-21(13-19)37(32,33)29-18-10-11-24-22(12-18)23-14-20(35-25(16-30)27(23)36-24)15-26(31)28-17-6-3-2-4-7-17/h5,8-13,17,20,23,25,27,29-30H,2-4,6-7,14-16H2,1H3,(H,28,31)/t20-,23+,25-,27-/m0/s1. The van der Waals surface area contributed by atoms with Crippen LogP contribution in [-0.4, -0.2) is 57.5 Å². The topological polar surface area (TPSA) is 123 Å². The number of aliphatic hydroxyl groups excluding tert-OH is 1. The van der Waals surface area contributed by atoms with Crippen molar-refractivity contribution in [3.8, 4) is 11.5 Å². The van der Waals surface area contributed by atoms with Crippen LogP contribution >= 0.6 is 0 Å². The van der Waals surface area contributed by atoms with Crippen LogP contribution in [0, 0.1) is 0 Å². The Morgan fingerprint density at radius 1 is 1.14 bits per heavy atom. The van der Waals surface area contributed by atoms with Crippen LogP contribution < -0.4 is 19.5 Å². The highest BCUT2D eigenvalue weighted by Gasteiger charge is 2.46. The van der Waals surface area contributed by atoms with Gasteiger partial charge in [-0.25, -0.2) is 8.42 Å². The van der Waals surface area contributed by atoms with Gasteiger partial charge in [-0.15, -0.1) is 0 Å². The van der Waals surface area contributed by atoms with Crippen LogP contribution in [0.5, 0.6) is 11.5 Å². The molecule has 37 heavy (non-hydrogen) atoms. The van der Waals surface area contributed by atoms with Crippen molar-refractivity contribution >= 4 is 21.6 Å². The third-order valence-electron chi connectivity index (χ3n) is 7.49. The maximum atomic E-state index is 13.0. The van der Waals surface area contributed by atoms with Crippen molar-refractivity contribution in [2.75, 3.05) is 18.4 Å². The predicted octanol–water partition coefficient (Wildman–Crippen LogP) is 3.33. The van der Waals surface area contributed by atoms with Crippen molar-refractivity contribution in [3.63, 3.8) is 0 Å². The monoisotopic (exact) mass is 530 g/mol. The average molecular weight is 531 g/mol. The van der Waals surface area contributed by atoms with Crippen LogP contribution in [0.1, 0.15) is 56.4 Å². The molecular formula is C27H34N2O7S. The summed E-state index contributed by atoms with van der Waals surface area (Å²) in [5, 5.41) is 13.1. The minimum atomic E-state index is -3.84. The first-order chi connectivity index (χ1) is 17.9. The molecule has 2 aromatic carbocycles. The Hall–Kier alpha value is -2.82. The summed E-state index contributed by atoms with van der Waals surface area (Å²) in [5.74, 6) is 0.915. The molecule has 1 aliphatic carbocycles. The van der Waals surface area contributed by atoms with Gasteiger partial charge >= 0.3 is 0 Å². The number of rotatable bonds is 8. The van der Waals surface area contributed by atoms with Crippen LogP contribution in [0.15, 0.2) is 47.4 Å². The smallest absolute Gasteiger partial charge is 0.262 e. The van der Waals surface area contributed by atoms with E-state index in [0.717, 1.165) is 31.2 Å². The van der Waals surface area contributed by atoms with E-state index in [9.17, 15) is 18.3 Å². The molecule has 2 heterocycles. The second-order valence-electron chi connectivity index (χ2n) is 10.0. The lowest BCUT2D eigenvalue weighted by Crippen LogP contribution is -2.48. The van der Waals surface area contributed by atoms with E-state index in [4.69, 9.17) is 14.2 Å². The molecule has 200 valence electrons. The molecule has 1 amide bonds. The highest BCUT2D eigenvalue weighted by Crippen LogP contribution is 2.47. The summed E-state index contributed by atoms with van der Waals surface area (Å²) in [4.78, 5) is 12.8. The lowest BCUT2D eigenvalue weighted by Gasteiger charge is -2.37. The highest BCUT2D eigenvalue weighted by atomic mass is 32.2.